The monoisotopic (exact) mass is 313 g/mol. The SMILES string of the molecule is CCCNc1nc(C2CCOCC2)nc(C)c1Br. The molecule has 1 aliphatic heterocycles. The molecule has 0 saturated carbocycles. The van der Waals surface area contributed by atoms with E-state index >= 15 is 0 Å². The normalized spacial score (nSPS) is 16.8. The molecule has 2 rings (SSSR count). The standard InChI is InChI=1S/C13H20BrN3O/c1-3-6-15-13-11(14)9(2)16-12(17-13)10-4-7-18-8-5-10/h10H,3-8H2,1-2H3,(H,15,16,17). The molecule has 4 nitrogen and oxygen atoms in total. The van der Waals surface area contributed by atoms with Gasteiger partial charge < -0.3 is 10.1 Å². The van der Waals surface area contributed by atoms with Gasteiger partial charge in [-0.15, -0.1) is 0 Å². The molecule has 2 heterocycles. The van der Waals surface area contributed by atoms with Crippen molar-refractivity contribution in [3.05, 3.63) is 16.0 Å². The lowest BCUT2D eigenvalue weighted by molar-refractivity contribution is 0.0835. The van der Waals surface area contributed by atoms with E-state index < -0.39 is 0 Å². The quantitative estimate of drug-likeness (QED) is 0.926. The molecule has 0 spiro atoms. The van der Waals surface area contributed by atoms with Crippen molar-refractivity contribution in [2.24, 2.45) is 0 Å². The minimum Gasteiger partial charge on any atom is -0.381 e. The molecule has 1 N–H and O–H groups in total. The number of nitrogens with one attached hydrogen (secondary N) is 1. The van der Waals surface area contributed by atoms with E-state index in [0.717, 1.165) is 60.8 Å². The Balaban J connectivity index is 2.22. The first kappa shape index (κ1) is 13.7. The maximum Gasteiger partial charge on any atom is 0.144 e. The maximum atomic E-state index is 5.39. The van der Waals surface area contributed by atoms with E-state index in [1.807, 2.05) is 6.92 Å². The van der Waals surface area contributed by atoms with Crippen molar-refractivity contribution in [2.45, 2.75) is 39.0 Å². The van der Waals surface area contributed by atoms with Gasteiger partial charge in [0, 0.05) is 25.7 Å². The van der Waals surface area contributed by atoms with E-state index in [-0.39, 0.29) is 0 Å². The topological polar surface area (TPSA) is 47.0 Å². The Labute approximate surface area is 117 Å². The van der Waals surface area contributed by atoms with Crippen LogP contribution in [0.2, 0.25) is 0 Å². The van der Waals surface area contributed by atoms with Gasteiger partial charge in [0.25, 0.3) is 0 Å². The summed E-state index contributed by atoms with van der Waals surface area (Å²) in [7, 11) is 0. The second kappa shape index (κ2) is 6.48. The molecule has 0 amide bonds. The van der Waals surface area contributed by atoms with Gasteiger partial charge >= 0.3 is 0 Å². The van der Waals surface area contributed by atoms with E-state index in [4.69, 9.17) is 4.74 Å². The highest BCUT2D eigenvalue weighted by atomic mass is 79.9. The Morgan fingerprint density at radius 2 is 2.06 bits per heavy atom. The van der Waals surface area contributed by atoms with Gasteiger partial charge in [-0.05, 0) is 42.1 Å². The van der Waals surface area contributed by atoms with Gasteiger partial charge in [0.05, 0.1) is 10.2 Å². The summed E-state index contributed by atoms with van der Waals surface area (Å²) in [5.74, 6) is 2.32. The van der Waals surface area contributed by atoms with Crippen LogP contribution in [0.5, 0.6) is 0 Å². The molecule has 0 aromatic carbocycles. The Bertz CT molecular complexity index is 405. The van der Waals surface area contributed by atoms with E-state index in [9.17, 15) is 0 Å². The van der Waals surface area contributed by atoms with Crippen LogP contribution < -0.4 is 5.32 Å². The van der Waals surface area contributed by atoms with Gasteiger partial charge in [0.15, 0.2) is 0 Å². The number of halogens is 1. The van der Waals surface area contributed by atoms with E-state index in [0.29, 0.717) is 5.92 Å². The van der Waals surface area contributed by atoms with Crippen molar-refractivity contribution in [2.75, 3.05) is 25.1 Å². The maximum absolute atomic E-state index is 5.39. The van der Waals surface area contributed by atoms with Gasteiger partial charge in [-0.3, -0.25) is 0 Å². The van der Waals surface area contributed by atoms with Crippen molar-refractivity contribution in [3.63, 3.8) is 0 Å². The first-order chi connectivity index (χ1) is 8.72. The predicted octanol–water partition coefficient (Wildman–Crippen LogP) is 3.26. The molecule has 1 aliphatic rings. The highest BCUT2D eigenvalue weighted by molar-refractivity contribution is 9.10. The molecule has 0 unspecified atom stereocenters. The third kappa shape index (κ3) is 3.20. The molecule has 5 heteroatoms. The van der Waals surface area contributed by atoms with Crippen molar-refractivity contribution < 1.29 is 4.74 Å². The van der Waals surface area contributed by atoms with Crippen LogP contribution in [-0.2, 0) is 4.74 Å². The Kier molecular flexibility index (Phi) is 4.95. The number of hydrogen-bond acceptors (Lipinski definition) is 4. The van der Waals surface area contributed by atoms with Gasteiger partial charge in [-0.1, -0.05) is 6.92 Å². The van der Waals surface area contributed by atoms with Crippen molar-refractivity contribution in [1.82, 2.24) is 9.97 Å². The molecule has 1 aromatic rings. The molecular formula is C13H20BrN3O. The van der Waals surface area contributed by atoms with Crippen molar-refractivity contribution in [1.29, 1.82) is 0 Å². The summed E-state index contributed by atoms with van der Waals surface area (Å²) >= 11 is 3.56. The smallest absolute Gasteiger partial charge is 0.144 e. The molecule has 0 radical (unpaired) electrons. The fraction of sp³-hybridized carbons (Fsp3) is 0.692. The van der Waals surface area contributed by atoms with Crippen LogP contribution in [0.25, 0.3) is 0 Å². The van der Waals surface area contributed by atoms with Gasteiger partial charge in [-0.25, -0.2) is 9.97 Å². The molecule has 0 aliphatic carbocycles. The molecule has 0 bridgehead atoms. The third-order valence-corrected chi connectivity index (χ3v) is 4.11. The highest BCUT2D eigenvalue weighted by Gasteiger charge is 2.20. The van der Waals surface area contributed by atoms with E-state index in [2.05, 4.69) is 38.1 Å². The second-order valence-electron chi connectivity index (χ2n) is 4.64. The average molecular weight is 314 g/mol. The molecule has 1 fully saturated rings. The first-order valence-corrected chi connectivity index (χ1v) is 7.37. The Hall–Kier alpha value is -0.680. The van der Waals surface area contributed by atoms with Gasteiger partial charge in [-0.2, -0.15) is 0 Å². The summed E-state index contributed by atoms with van der Waals surface area (Å²) in [4.78, 5) is 9.28. The summed E-state index contributed by atoms with van der Waals surface area (Å²) in [6, 6.07) is 0. The van der Waals surface area contributed by atoms with Crippen molar-refractivity contribution in [3.8, 4) is 0 Å². The van der Waals surface area contributed by atoms with Crippen LogP contribution in [0.3, 0.4) is 0 Å². The lowest BCUT2D eigenvalue weighted by Gasteiger charge is -2.22. The number of aromatic nitrogens is 2. The average Bonchev–Trinajstić information content (AvgIpc) is 2.41. The predicted molar refractivity (Wildman–Crippen MR) is 76.0 cm³/mol. The molecule has 18 heavy (non-hydrogen) atoms. The number of ether oxygens (including phenoxy) is 1. The molecule has 1 saturated heterocycles. The van der Waals surface area contributed by atoms with E-state index in [1.165, 1.54) is 0 Å². The number of aryl methyl sites for hydroxylation is 1. The Morgan fingerprint density at radius 3 is 2.72 bits per heavy atom. The molecule has 1 aromatic heterocycles. The lowest BCUT2D eigenvalue weighted by Crippen LogP contribution is -2.18. The highest BCUT2D eigenvalue weighted by Crippen LogP contribution is 2.29. The van der Waals surface area contributed by atoms with Crippen molar-refractivity contribution >= 4 is 21.7 Å². The third-order valence-electron chi connectivity index (χ3n) is 3.16. The fourth-order valence-electron chi connectivity index (χ4n) is 2.08. The summed E-state index contributed by atoms with van der Waals surface area (Å²) < 4.78 is 6.37. The zero-order chi connectivity index (χ0) is 13.0. The largest absolute Gasteiger partial charge is 0.381 e. The van der Waals surface area contributed by atoms with Crippen LogP contribution in [-0.4, -0.2) is 29.7 Å². The van der Waals surface area contributed by atoms with Crippen LogP contribution >= 0.6 is 15.9 Å². The van der Waals surface area contributed by atoms with E-state index in [1.54, 1.807) is 0 Å². The summed E-state index contributed by atoms with van der Waals surface area (Å²) in [6.07, 6.45) is 3.13. The molecular weight excluding hydrogens is 294 g/mol. The number of rotatable bonds is 4. The summed E-state index contributed by atoms with van der Waals surface area (Å²) in [5.41, 5.74) is 1.00. The molecule has 0 atom stereocenters. The van der Waals surface area contributed by atoms with Crippen LogP contribution in [0.1, 0.15) is 43.6 Å². The molecule has 100 valence electrons. The number of anilines is 1. The Morgan fingerprint density at radius 1 is 1.33 bits per heavy atom. The lowest BCUT2D eigenvalue weighted by atomic mass is 9.99. The minimum atomic E-state index is 0.438. The number of nitrogens with zero attached hydrogens (tertiary/aromatic N) is 2. The van der Waals surface area contributed by atoms with Crippen LogP contribution in [0, 0.1) is 6.92 Å². The van der Waals surface area contributed by atoms with Gasteiger partial charge in [0.1, 0.15) is 11.6 Å². The number of hydrogen-bond donors (Lipinski definition) is 1. The summed E-state index contributed by atoms with van der Waals surface area (Å²) in [6.45, 7) is 6.74. The first-order valence-electron chi connectivity index (χ1n) is 6.58. The zero-order valence-corrected chi connectivity index (χ0v) is 12.6. The minimum absolute atomic E-state index is 0.438. The van der Waals surface area contributed by atoms with Crippen LogP contribution in [0.4, 0.5) is 5.82 Å². The van der Waals surface area contributed by atoms with Crippen LogP contribution in [0.15, 0.2) is 4.47 Å². The fourth-order valence-corrected chi connectivity index (χ4v) is 2.40. The zero-order valence-electron chi connectivity index (χ0n) is 11.0. The summed E-state index contributed by atoms with van der Waals surface area (Å²) in [5, 5.41) is 3.35. The second-order valence-corrected chi connectivity index (χ2v) is 5.44. The van der Waals surface area contributed by atoms with Gasteiger partial charge in [0.2, 0.25) is 0 Å².